The molecule has 0 amide bonds. The summed E-state index contributed by atoms with van der Waals surface area (Å²) in [6.45, 7) is 0.707. The van der Waals surface area contributed by atoms with E-state index in [0.717, 1.165) is 12.2 Å². The van der Waals surface area contributed by atoms with Crippen LogP contribution in [0.2, 0.25) is 0 Å². The Morgan fingerprint density at radius 3 is 3.05 bits per heavy atom. The van der Waals surface area contributed by atoms with E-state index in [1.807, 2.05) is 18.2 Å². The number of aliphatic hydroxyl groups is 1. The minimum Gasteiger partial charge on any atom is -0.493 e. The van der Waals surface area contributed by atoms with E-state index in [1.165, 1.54) is 11.9 Å². The van der Waals surface area contributed by atoms with Gasteiger partial charge in [0.1, 0.15) is 12.1 Å². The van der Waals surface area contributed by atoms with E-state index >= 15 is 0 Å². The first-order valence-electron chi connectivity index (χ1n) is 6.50. The summed E-state index contributed by atoms with van der Waals surface area (Å²) < 4.78 is 5.63. The Kier molecular flexibility index (Phi) is 3.42. The van der Waals surface area contributed by atoms with Gasteiger partial charge in [-0.1, -0.05) is 18.2 Å². The van der Waals surface area contributed by atoms with E-state index in [4.69, 9.17) is 4.74 Å². The Labute approximate surface area is 112 Å². The van der Waals surface area contributed by atoms with Crippen molar-refractivity contribution in [3.63, 3.8) is 0 Å². The third kappa shape index (κ3) is 2.58. The van der Waals surface area contributed by atoms with Crippen molar-refractivity contribution in [2.24, 2.45) is 0 Å². The Morgan fingerprint density at radius 1 is 1.32 bits per heavy atom. The fraction of sp³-hybridized carbons (Fsp3) is 0.333. The van der Waals surface area contributed by atoms with E-state index in [0.29, 0.717) is 24.6 Å². The zero-order valence-corrected chi connectivity index (χ0v) is 10.6. The maximum absolute atomic E-state index is 10.3. The van der Waals surface area contributed by atoms with E-state index in [9.17, 15) is 5.11 Å². The van der Waals surface area contributed by atoms with Crippen LogP contribution in [0.5, 0.6) is 5.75 Å². The zero-order valence-electron chi connectivity index (χ0n) is 10.6. The molecule has 0 fully saturated rings. The number of hydrogen-bond donors (Lipinski definition) is 1. The molecule has 19 heavy (non-hydrogen) atoms. The summed E-state index contributed by atoms with van der Waals surface area (Å²) >= 11 is 0. The lowest BCUT2D eigenvalue weighted by Crippen LogP contribution is -2.16. The molecule has 2 atom stereocenters. The number of ether oxygens (including phenoxy) is 1. The van der Waals surface area contributed by atoms with Crippen LogP contribution < -0.4 is 4.74 Å². The number of hydrogen-bond acceptors (Lipinski definition) is 4. The first-order chi connectivity index (χ1) is 9.34. The van der Waals surface area contributed by atoms with Gasteiger partial charge in [0.2, 0.25) is 0 Å². The van der Waals surface area contributed by atoms with Gasteiger partial charge in [0.15, 0.2) is 0 Å². The molecule has 0 bridgehead atoms. The second-order valence-corrected chi connectivity index (χ2v) is 4.76. The molecular weight excluding hydrogens is 240 g/mol. The fourth-order valence-electron chi connectivity index (χ4n) is 2.55. The van der Waals surface area contributed by atoms with Gasteiger partial charge in [-0.25, -0.2) is 9.97 Å². The van der Waals surface area contributed by atoms with Gasteiger partial charge in [0.05, 0.1) is 18.4 Å². The summed E-state index contributed by atoms with van der Waals surface area (Å²) in [5.41, 5.74) is 1.86. The number of aromatic nitrogens is 2. The molecular formula is C15H16N2O2. The summed E-state index contributed by atoms with van der Waals surface area (Å²) in [5, 5.41) is 10.3. The van der Waals surface area contributed by atoms with E-state index in [1.54, 1.807) is 12.3 Å². The molecule has 1 N–H and O–H groups in total. The molecule has 2 aromatic rings. The highest BCUT2D eigenvalue weighted by molar-refractivity contribution is 5.37. The van der Waals surface area contributed by atoms with Crippen LogP contribution in [-0.4, -0.2) is 21.7 Å². The van der Waals surface area contributed by atoms with Gasteiger partial charge in [-0.15, -0.1) is 0 Å². The number of benzene rings is 1. The number of nitrogens with zero attached hydrogens (tertiary/aromatic N) is 2. The highest BCUT2D eigenvalue weighted by Gasteiger charge is 2.24. The Hall–Kier alpha value is -1.94. The summed E-state index contributed by atoms with van der Waals surface area (Å²) in [4.78, 5) is 7.98. The van der Waals surface area contributed by atoms with Crippen LogP contribution in [0.4, 0.5) is 0 Å². The highest BCUT2D eigenvalue weighted by atomic mass is 16.5. The molecule has 0 saturated heterocycles. The normalized spacial score (nSPS) is 19.3. The average molecular weight is 256 g/mol. The maximum atomic E-state index is 10.3. The van der Waals surface area contributed by atoms with E-state index < -0.39 is 6.10 Å². The lowest BCUT2D eigenvalue weighted by Gasteiger charge is -2.27. The zero-order chi connectivity index (χ0) is 13.1. The van der Waals surface area contributed by atoms with Crippen LogP contribution >= 0.6 is 0 Å². The van der Waals surface area contributed by atoms with Gasteiger partial charge >= 0.3 is 0 Å². The van der Waals surface area contributed by atoms with Crippen LogP contribution in [0.25, 0.3) is 0 Å². The minimum absolute atomic E-state index is 0.315. The molecule has 1 aromatic heterocycles. The van der Waals surface area contributed by atoms with Crippen LogP contribution in [-0.2, 0) is 0 Å². The van der Waals surface area contributed by atoms with Crippen molar-refractivity contribution in [3.05, 3.63) is 54.1 Å². The number of rotatable bonds is 3. The molecule has 0 spiro atoms. The highest BCUT2D eigenvalue weighted by Crippen LogP contribution is 2.38. The average Bonchev–Trinajstić information content (AvgIpc) is 2.48. The summed E-state index contributed by atoms with van der Waals surface area (Å²) in [7, 11) is 0. The van der Waals surface area contributed by atoms with Gasteiger partial charge < -0.3 is 9.84 Å². The molecule has 4 heteroatoms. The van der Waals surface area contributed by atoms with Crippen LogP contribution in [0.1, 0.15) is 36.1 Å². The van der Waals surface area contributed by atoms with Crippen molar-refractivity contribution in [1.29, 1.82) is 0 Å². The summed E-state index contributed by atoms with van der Waals surface area (Å²) in [5.74, 6) is 1.25. The van der Waals surface area contributed by atoms with Gasteiger partial charge in [-0.2, -0.15) is 0 Å². The van der Waals surface area contributed by atoms with Crippen molar-refractivity contribution in [2.75, 3.05) is 6.61 Å². The summed E-state index contributed by atoms with van der Waals surface area (Å²) in [6, 6.07) is 9.81. The van der Waals surface area contributed by atoms with Crippen LogP contribution in [0.3, 0.4) is 0 Å². The molecule has 1 aliphatic rings. The van der Waals surface area contributed by atoms with Crippen LogP contribution in [0, 0.1) is 0 Å². The Bertz CT molecular complexity index is 545. The van der Waals surface area contributed by atoms with Crippen molar-refractivity contribution in [2.45, 2.75) is 24.9 Å². The quantitative estimate of drug-likeness (QED) is 0.916. The predicted molar refractivity (Wildman–Crippen MR) is 70.9 cm³/mol. The van der Waals surface area contributed by atoms with Crippen LogP contribution in [0.15, 0.2) is 42.9 Å². The summed E-state index contributed by atoms with van der Waals surface area (Å²) in [6.07, 6.45) is 4.16. The molecule has 98 valence electrons. The SMILES string of the molecule is OC(CC1CCOc2ccccc21)c1ccncn1. The number of aliphatic hydroxyl groups excluding tert-OH is 1. The standard InChI is InChI=1S/C15H16N2O2/c18-14(13-5-7-16-10-17-13)9-11-6-8-19-15-4-2-1-3-12(11)15/h1-5,7,10-11,14,18H,6,8-9H2. The van der Waals surface area contributed by atoms with E-state index in [2.05, 4.69) is 16.0 Å². The second-order valence-electron chi connectivity index (χ2n) is 4.76. The monoisotopic (exact) mass is 256 g/mol. The predicted octanol–water partition coefficient (Wildman–Crippen LogP) is 2.47. The molecule has 1 aliphatic heterocycles. The molecule has 1 aromatic carbocycles. The van der Waals surface area contributed by atoms with Gasteiger partial charge in [0, 0.05) is 6.20 Å². The van der Waals surface area contributed by atoms with Gasteiger partial charge in [-0.3, -0.25) is 0 Å². The molecule has 3 rings (SSSR count). The third-order valence-corrected chi connectivity index (χ3v) is 3.54. The smallest absolute Gasteiger partial charge is 0.122 e. The Morgan fingerprint density at radius 2 is 2.21 bits per heavy atom. The molecule has 0 aliphatic carbocycles. The van der Waals surface area contributed by atoms with Gasteiger partial charge in [0.25, 0.3) is 0 Å². The van der Waals surface area contributed by atoms with Crippen molar-refractivity contribution < 1.29 is 9.84 Å². The number of para-hydroxylation sites is 1. The topological polar surface area (TPSA) is 55.2 Å². The van der Waals surface area contributed by atoms with Crippen molar-refractivity contribution in [1.82, 2.24) is 9.97 Å². The van der Waals surface area contributed by atoms with E-state index in [-0.39, 0.29) is 0 Å². The molecule has 2 unspecified atom stereocenters. The van der Waals surface area contributed by atoms with Crippen molar-refractivity contribution >= 4 is 0 Å². The second kappa shape index (κ2) is 5.36. The van der Waals surface area contributed by atoms with Crippen molar-refractivity contribution in [3.8, 4) is 5.75 Å². The maximum Gasteiger partial charge on any atom is 0.122 e. The minimum atomic E-state index is -0.556. The lowest BCUT2D eigenvalue weighted by molar-refractivity contribution is 0.141. The molecule has 4 nitrogen and oxygen atoms in total. The molecule has 0 radical (unpaired) electrons. The molecule has 0 saturated carbocycles. The number of fused-ring (bicyclic) bond motifs is 1. The lowest BCUT2D eigenvalue weighted by atomic mass is 9.87. The Balaban J connectivity index is 1.78. The fourth-order valence-corrected chi connectivity index (χ4v) is 2.55. The first-order valence-corrected chi connectivity index (χ1v) is 6.50. The molecule has 2 heterocycles. The largest absolute Gasteiger partial charge is 0.493 e. The van der Waals surface area contributed by atoms with Gasteiger partial charge in [-0.05, 0) is 36.5 Å². The third-order valence-electron chi connectivity index (χ3n) is 3.54. The first kappa shape index (κ1) is 12.1.